The molecule has 0 bridgehead atoms. The van der Waals surface area contributed by atoms with Gasteiger partial charge in [-0.2, -0.15) is 0 Å². The van der Waals surface area contributed by atoms with Gasteiger partial charge in [0.1, 0.15) is 6.61 Å². The van der Waals surface area contributed by atoms with Crippen LogP contribution in [-0.4, -0.2) is 104 Å². The molecule has 0 saturated heterocycles. The summed E-state index contributed by atoms with van der Waals surface area (Å²) in [4.78, 5) is 11.6. The highest BCUT2D eigenvalue weighted by atomic mass is 16.6. The third-order valence-electron chi connectivity index (χ3n) is 3.61. The van der Waals surface area contributed by atoms with Gasteiger partial charge >= 0.3 is 0 Å². The van der Waals surface area contributed by atoms with Gasteiger partial charge in [0.25, 0.3) is 0 Å². The Morgan fingerprint density at radius 2 is 1.13 bits per heavy atom. The van der Waals surface area contributed by atoms with Gasteiger partial charge in [-0.1, -0.05) is 13.3 Å². The van der Waals surface area contributed by atoms with Crippen LogP contribution in [0.2, 0.25) is 0 Å². The molecule has 0 aromatic rings. The first-order valence-corrected chi connectivity index (χ1v) is 11.0. The SMILES string of the molecule is CCCCOCCOCCNC(=O)COCCOCCOCCOCCOC(C)C. The van der Waals surface area contributed by atoms with Gasteiger partial charge < -0.3 is 38.5 Å². The Bertz CT molecular complexity index is 358. The zero-order valence-corrected chi connectivity index (χ0v) is 19.2. The number of ether oxygens (including phenoxy) is 7. The Labute approximate surface area is 182 Å². The maximum Gasteiger partial charge on any atom is 0.246 e. The Balaban J connectivity index is 3.14. The van der Waals surface area contributed by atoms with Gasteiger partial charge in [0, 0.05) is 13.2 Å². The van der Waals surface area contributed by atoms with Crippen molar-refractivity contribution in [3.8, 4) is 0 Å². The summed E-state index contributed by atoms with van der Waals surface area (Å²) in [7, 11) is 0. The summed E-state index contributed by atoms with van der Waals surface area (Å²) in [5.41, 5.74) is 0. The number of nitrogens with one attached hydrogen (secondary N) is 1. The fourth-order valence-electron chi connectivity index (χ4n) is 2.05. The van der Waals surface area contributed by atoms with Crippen molar-refractivity contribution < 1.29 is 38.0 Å². The maximum atomic E-state index is 11.6. The summed E-state index contributed by atoms with van der Waals surface area (Å²) in [6.45, 7) is 12.9. The van der Waals surface area contributed by atoms with Crippen LogP contribution in [0.1, 0.15) is 33.6 Å². The van der Waals surface area contributed by atoms with Crippen LogP contribution in [0.15, 0.2) is 0 Å². The minimum absolute atomic E-state index is 0.0118. The van der Waals surface area contributed by atoms with Crippen LogP contribution in [-0.2, 0) is 38.0 Å². The zero-order valence-electron chi connectivity index (χ0n) is 19.2. The third-order valence-corrected chi connectivity index (χ3v) is 3.61. The number of rotatable bonds is 24. The molecule has 0 aliphatic heterocycles. The van der Waals surface area contributed by atoms with E-state index < -0.39 is 0 Å². The fraction of sp³-hybridized carbons (Fsp3) is 0.952. The van der Waals surface area contributed by atoms with Crippen molar-refractivity contribution in [2.45, 2.75) is 39.7 Å². The van der Waals surface area contributed by atoms with Crippen molar-refractivity contribution in [2.75, 3.05) is 92.4 Å². The average Bonchev–Trinajstić information content (AvgIpc) is 2.72. The van der Waals surface area contributed by atoms with Gasteiger partial charge in [-0.15, -0.1) is 0 Å². The lowest BCUT2D eigenvalue weighted by Gasteiger charge is -2.09. The summed E-state index contributed by atoms with van der Waals surface area (Å²) in [6, 6.07) is 0. The number of unbranched alkanes of at least 4 members (excludes halogenated alkanes) is 1. The molecule has 0 unspecified atom stereocenters. The summed E-state index contributed by atoms with van der Waals surface area (Å²) in [5.74, 6) is -0.167. The predicted molar refractivity (Wildman–Crippen MR) is 114 cm³/mol. The van der Waals surface area contributed by atoms with E-state index in [1.165, 1.54) is 0 Å². The minimum Gasteiger partial charge on any atom is -0.379 e. The number of carbonyl (C=O) groups excluding carboxylic acids is 1. The molecule has 30 heavy (non-hydrogen) atoms. The molecule has 0 aliphatic rings. The number of carbonyl (C=O) groups is 1. The highest BCUT2D eigenvalue weighted by molar-refractivity contribution is 5.77. The second-order valence-electron chi connectivity index (χ2n) is 6.74. The van der Waals surface area contributed by atoms with E-state index in [0.717, 1.165) is 19.4 Å². The van der Waals surface area contributed by atoms with Gasteiger partial charge in [-0.3, -0.25) is 4.79 Å². The highest BCUT2D eigenvalue weighted by Gasteiger charge is 2.01. The number of amides is 1. The molecule has 9 nitrogen and oxygen atoms in total. The van der Waals surface area contributed by atoms with E-state index in [4.69, 9.17) is 33.2 Å². The van der Waals surface area contributed by atoms with Gasteiger partial charge in [0.05, 0.1) is 78.8 Å². The van der Waals surface area contributed by atoms with Crippen LogP contribution >= 0.6 is 0 Å². The molecule has 1 amide bonds. The van der Waals surface area contributed by atoms with Gasteiger partial charge in [-0.05, 0) is 20.3 Å². The van der Waals surface area contributed by atoms with Gasteiger partial charge in [0.15, 0.2) is 0 Å². The average molecular weight is 438 g/mol. The molecule has 0 fully saturated rings. The lowest BCUT2D eigenvalue weighted by Crippen LogP contribution is -2.31. The largest absolute Gasteiger partial charge is 0.379 e. The molecular formula is C21H43NO8. The molecule has 0 saturated carbocycles. The van der Waals surface area contributed by atoms with Crippen LogP contribution in [0.3, 0.4) is 0 Å². The molecule has 9 heteroatoms. The molecular weight excluding hydrogens is 394 g/mol. The lowest BCUT2D eigenvalue weighted by molar-refractivity contribution is -0.126. The van der Waals surface area contributed by atoms with Crippen LogP contribution < -0.4 is 5.32 Å². The van der Waals surface area contributed by atoms with Crippen molar-refractivity contribution >= 4 is 5.91 Å². The van der Waals surface area contributed by atoms with E-state index in [2.05, 4.69) is 12.2 Å². The lowest BCUT2D eigenvalue weighted by atomic mass is 10.4. The molecule has 0 aliphatic carbocycles. The molecule has 1 N–H and O–H groups in total. The Hall–Kier alpha value is -0.810. The van der Waals surface area contributed by atoms with Crippen LogP contribution in [0.25, 0.3) is 0 Å². The fourth-order valence-corrected chi connectivity index (χ4v) is 2.05. The maximum absolute atomic E-state index is 11.6. The first-order valence-electron chi connectivity index (χ1n) is 11.0. The number of hydrogen-bond donors (Lipinski definition) is 1. The van der Waals surface area contributed by atoms with Gasteiger partial charge in [-0.25, -0.2) is 0 Å². The van der Waals surface area contributed by atoms with E-state index in [1.807, 2.05) is 13.8 Å². The first kappa shape index (κ1) is 29.2. The predicted octanol–water partition coefficient (Wildman–Crippen LogP) is 1.43. The van der Waals surface area contributed by atoms with Crippen molar-refractivity contribution in [1.29, 1.82) is 0 Å². The Morgan fingerprint density at radius 3 is 1.67 bits per heavy atom. The standard InChI is InChI=1S/C21H43NO8/c1-4-5-7-24-9-10-25-8-6-22-21(23)19-29-16-15-27-12-11-26-13-14-28-17-18-30-20(2)3/h20H,4-19H2,1-3H3,(H,22,23). The monoisotopic (exact) mass is 437 g/mol. The van der Waals surface area contributed by atoms with Crippen LogP contribution in [0, 0.1) is 0 Å². The van der Waals surface area contributed by atoms with E-state index in [9.17, 15) is 4.79 Å². The van der Waals surface area contributed by atoms with Gasteiger partial charge in [0.2, 0.25) is 5.91 Å². The molecule has 0 rings (SSSR count). The van der Waals surface area contributed by atoms with Crippen LogP contribution in [0.4, 0.5) is 0 Å². The normalized spacial score (nSPS) is 11.3. The van der Waals surface area contributed by atoms with Crippen molar-refractivity contribution in [1.82, 2.24) is 5.32 Å². The third kappa shape index (κ3) is 25.2. The smallest absolute Gasteiger partial charge is 0.246 e. The summed E-state index contributed by atoms with van der Waals surface area (Å²) < 4.78 is 37.5. The molecule has 180 valence electrons. The van der Waals surface area contributed by atoms with Crippen molar-refractivity contribution in [2.24, 2.45) is 0 Å². The molecule has 0 aromatic heterocycles. The highest BCUT2D eigenvalue weighted by Crippen LogP contribution is 1.89. The molecule has 0 spiro atoms. The summed E-state index contributed by atoms with van der Waals surface area (Å²) in [6.07, 6.45) is 2.42. The first-order chi connectivity index (χ1) is 14.7. The Kier molecular flexibility index (Phi) is 23.8. The summed E-state index contributed by atoms with van der Waals surface area (Å²) in [5, 5.41) is 2.73. The van der Waals surface area contributed by atoms with Crippen molar-refractivity contribution in [3.63, 3.8) is 0 Å². The molecule has 0 aromatic carbocycles. The minimum atomic E-state index is -0.167. The molecule has 0 atom stereocenters. The Morgan fingerprint density at radius 1 is 0.667 bits per heavy atom. The van der Waals surface area contributed by atoms with E-state index in [1.54, 1.807) is 0 Å². The summed E-state index contributed by atoms with van der Waals surface area (Å²) >= 11 is 0. The quantitative estimate of drug-likeness (QED) is 0.227. The topological polar surface area (TPSA) is 93.7 Å². The second-order valence-corrected chi connectivity index (χ2v) is 6.74. The van der Waals surface area contributed by atoms with Crippen LogP contribution in [0.5, 0.6) is 0 Å². The number of hydrogen-bond acceptors (Lipinski definition) is 8. The van der Waals surface area contributed by atoms with Crippen molar-refractivity contribution in [3.05, 3.63) is 0 Å². The second kappa shape index (κ2) is 24.5. The van der Waals surface area contributed by atoms with E-state index in [0.29, 0.717) is 79.2 Å². The molecule has 0 heterocycles. The zero-order chi connectivity index (χ0) is 22.1. The van der Waals surface area contributed by atoms with E-state index in [-0.39, 0.29) is 18.6 Å². The molecule has 0 radical (unpaired) electrons. The van der Waals surface area contributed by atoms with E-state index >= 15 is 0 Å².